The summed E-state index contributed by atoms with van der Waals surface area (Å²) in [6.45, 7) is 2.03. The number of aryl methyl sites for hydroxylation is 1. The summed E-state index contributed by atoms with van der Waals surface area (Å²) in [4.78, 5) is 8.01. The lowest BCUT2D eigenvalue weighted by Crippen LogP contribution is -2.11. The van der Waals surface area contributed by atoms with E-state index in [0.29, 0.717) is 11.0 Å². The van der Waals surface area contributed by atoms with Crippen LogP contribution in [0.2, 0.25) is 5.15 Å². The van der Waals surface area contributed by atoms with Crippen LogP contribution in [0.25, 0.3) is 0 Å². The highest BCUT2D eigenvalue weighted by molar-refractivity contribution is 6.29. The summed E-state index contributed by atoms with van der Waals surface area (Å²) >= 11 is 5.83. The number of benzene rings is 1. The molecule has 0 unspecified atom stereocenters. The third-order valence-electron chi connectivity index (χ3n) is 2.15. The van der Waals surface area contributed by atoms with Gasteiger partial charge >= 0.3 is 0 Å². The molecule has 0 radical (unpaired) electrons. The molecule has 4 N–H and O–H groups in total. The predicted molar refractivity (Wildman–Crippen MR) is 69.3 cm³/mol. The lowest BCUT2D eigenvalue weighted by molar-refractivity contribution is 1.12. The Balaban J connectivity index is 2.23. The van der Waals surface area contributed by atoms with E-state index in [-0.39, 0.29) is 5.95 Å². The van der Waals surface area contributed by atoms with Gasteiger partial charge in [-0.3, -0.25) is 5.43 Å². The largest absolute Gasteiger partial charge is 0.340 e. The fraction of sp³-hybridized carbons (Fsp3) is 0.0909. The first-order chi connectivity index (χ1) is 8.17. The first-order valence-corrected chi connectivity index (χ1v) is 5.40. The molecule has 0 amide bonds. The van der Waals surface area contributed by atoms with Crippen molar-refractivity contribution in [3.8, 4) is 0 Å². The van der Waals surface area contributed by atoms with Gasteiger partial charge in [-0.15, -0.1) is 0 Å². The van der Waals surface area contributed by atoms with Crippen LogP contribution in [0.1, 0.15) is 5.56 Å². The number of nitrogens with one attached hydrogen (secondary N) is 2. The summed E-state index contributed by atoms with van der Waals surface area (Å²) in [6, 6.07) is 9.56. The van der Waals surface area contributed by atoms with Gasteiger partial charge < -0.3 is 5.32 Å². The van der Waals surface area contributed by atoms with E-state index in [4.69, 9.17) is 17.4 Å². The quantitative estimate of drug-likeness (QED) is 0.443. The minimum atomic E-state index is 0.270. The molecule has 1 aromatic heterocycles. The maximum Gasteiger partial charge on any atom is 0.240 e. The van der Waals surface area contributed by atoms with Crippen LogP contribution >= 0.6 is 11.6 Å². The molecule has 0 saturated heterocycles. The number of nitrogen functional groups attached to an aromatic ring is 1. The highest BCUT2D eigenvalue weighted by atomic mass is 35.5. The van der Waals surface area contributed by atoms with Gasteiger partial charge in [0.1, 0.15) is 11.0 Å². The fourth-order valence-corrected chi connectivity index (χ4v) is 1.51. The lowest BCUT2D eigenvalue weighted by Gasteiger charge is -2.07. The fourth-order valence-electron chi connectivity index (χ4n) is 1.33. The van der Waals surface area contributed by atoms with E-state index in [2.05, 4.69) is 20.7 Å². The Morgan fingerprint density at radius 1 is 1.18 bits per heavy atom. The number of hydrazine groups is 1. The normalized spacial score (nSPS) is 10.1. The lowest BCUT2D eigenvalue weighted by atomic mass is 10.2. The Hall–Kier alpha value is -1.85. The minimum Gasteiger partial charge on any atom is -0.340 e. The van der Waals surface area contributed by atoms with Crippen LogP contribution in [-0.4, -0.2) is 9.97 Å². The average molecular weight is 250 g/mol. The van der Waals surface area contributed by atoms with Crippen LogP contribution in [0.15, 0.2) is 30.3 Å². The first-order valence-electron chi connectivity index (χ1n) is 5.02. The molecule has 5 nitrogen and oxygen atoms in total. The van der Waals surface area contributed by atoms with E-state index in [1.807, 2.05) is 31.2 Å². The summed E-state index contributed by atoms with van der Waals surface area (Å²) in [6.07, 6.45) is 0. The number of nitrogens with two attached hydrogens (primary N) is 1. The third kappa shape index (κ3) is 3.05. The van der Waals surface area contributed by atoms with Crippen LogP contribution in [0.3, 0.4) is 0 Å². The van der Waals surface area contributed by atoms with Gasteiger partial charge in [-0.2, -0.15) is 9.97 Å². The molecule has 0 bridgehead atoms. The zero-order valence-electron chi connectivity index (χ0n) is 9.24. The van der Waals surface area contributed by atoms with Crippen molar-refractivity contribution in [2.75, 3.05) is 10.7 Å². The Morgan fingerprint density at radius 3 is 2.53 bits per heavy atom. The molecule has 2 aromatic rings. The van der Waals surface area contributed by atoms with Gasteiger partial charge in [-0.05, 0) is 19.1 Å². The number of nitrogens with zero attached hydrogens (tertiary/aromatic N) is 2. The molecule has 0 saturated carbocycles. The molecule has 0 spiro atoms. The summed E-state index contributed by atoms with van der Waals surface area (Å²) in [5.74, 6) is 6.09. The zero-order chi connectivity index (χ0) is 12.3. The molecule has 0 aliphatic heterocycles. The minimum absolute atomic E-state index is 0.270. The smallest absolute Gasteiger partial charge is 0.240 e. The molecular weight excluding hydrogens is 238 g/mol. The van der Waals surface area contributed by atoms with Gasteiger partial charge in [-0.25, -0.2) is 5.84 Å². The Morgan fingerprint density at radius 2 is 1.88 bits per heavy atom. The topological polar surface area (TPSA) is 75.9 Å². The second-order valence-corrected chi connectivity index (χ2v) is 3.92. The number of hydrogen-bond donors (Lipinski definition) is 3. The molecule has 0 aliphatic rings. The summed E-state index contributed by atoms with van der Waals surface area (Å²) in [7, 11) is 0. The summed E-state index contributed by atoms with van der Waals surface area (Å²) < 4.78 is 0. The highest BCUT2D eigenvalue weighted by Gasteiger charge is 2.02. The van der Waals surface area contributed by atoms with Crippen LogP contribution in [-0.2, 0) is 0 Å². The maximum absolute atomic E-state index is 5.83. The van der Waals surface area contributed by atoms with Crippen LogP contribution in [0.5, 0.6) is 0 Å². The molecule has 6 heteroatoms. The van der Waals surface area contributed by atoms with Gasteiger partial charge in [0.2, 0.25) is 5.95 Å². The van der Waals surface area contributed by atoms with Crippen molar-refractivity contribution in [1.82, 2.24) is 9.97 Å². The molecule has 0 fully saturated rings. The summed E-state index contributed by atoms with van der Waals surface area (Å²) in [5.41, 5.74) is 4.48. The second kappa shape index (κ2) is 4.99. The van der Waals surface area contributed by atoms with E-state index in [0.717, 1.165) is 5.69 Å². The third-order valence-corrected chi connectivity index (χ3v) is 2.34. The number of hydrogen-bond acceptors (Lipinski definition) is 5. The monoisotopic (exact) mass is 249 g/mol. The van der Waals surface area contributed by atoms with Crippen LogP contribution in [0.4, 0.5) is 17.5 Å². The van der Waals surface area contributed by atoms with Crippen LogP contribution < -0.4 is 16.6 Å². The number of halogens is 1. The number of anilines is 3. The van der Waals surface area contributed by atoms with Crippen molar-refractivity contribution in [3.05, 3.63) is 41.0 Å². The van der Waals surface area contributed by atoms with Crippen molar-refractivity contribution in [1.29, 1.82) is 0 Å². The average Bonchev–Trinajstić information content (AvgIpc) is 2.31. The van der Waals surface area contributed by atoms with Crippen molar-refractivity contribution >= 4 is 29.1 Å². The first kappa shape index (κ1) is 11.6. The molecule has 0 atom stereocenters. The second-order valence-electron chi connectivity index (χ2n) is 3.53. The molecule has 1 heterocycles. The van der Waals surface area contributed by atoms with E-state index in [1.165, 1.54) is 5.56 Å². The van der Waals surface area contributed by atoms with E-state index < -0.39 is 0 Å². The van der Waals surface area contributed by atoms with Crippen molar-refractivity contribution in [2.45, 2.75) is 6.92 Å². The van der Waals surface area contributed by atoms with Gasteiger partial charge in [-0.1, -0.05) is 29.3 Å². The molecular formula is C11H12ClN5. The Kier molecular flexibility index (Phi) is 3.41. The van der Waals surface area contributed by atoms with Crippen molar-refractivity contribution in [3.63, 3.8) is 0 Å². The molecule has 88 valence electrons. The number of aromatic nitrogens is 2. The maximum atomic E-state index is 5.83. The van der Waals surface area contributed by atoms with Crippen LogP contribution in [0, 0.1) is 6.92 Å². The highest BCUT2D eigenvalue weighted by Crippen LogP contribution is 2.19. The molecule has 1 aromatic carbocycles. The van der Waals surface area contributed by atoms with Gasteiger partial charge in [0.15, 0.2) is 0 Å². The number of rotatable bonds is 3. The van der Waals surface area contributed by atoms with Crippen molar-refractivity contribution in [2.24, 2.45) is 5.84 Å². The van der Waals surface area contributed by atoms with Gasteiger partial charge in [0.25, 0.3) is 0 Å². The van der Waals surface area contributed by atoms with Gasteiger partial charge in [0, 0.05) is 11.8 Å². The van der Waals surface area contributed by atoms with Crippen molar-refractivity contribution < 1.29 is 0 Å². The molecule has 17 heavy (non-hydrogen) atoms. The Labute approximate surface area is 104 Å². The zero-order valence-corrected chi connectivity index (χ0v) is 9.99. The van der Waals surface area contributed by atoms with Gasteiger partial charge in [0.05, 0.1) is 0 Å². The summed E-state index contributed by atoms with van der Waals surface area (Å²) in [5, 5.41) is 3.44. The molecule has 0 aliphatic carbocycles. The predicted octanol–water partition coefficient (Wildman–Crippen LogP) is 2.47. The van der Waals surface area contributed by atoms with E-state index in [9.17, 15) is 0 Å². The SMILES string of the molecule is Cc1ccc(Nc2cc(Cl)nc(NN)n2)cc1. The Bertz CT molecular complexity index is 512. The molecule has 2 rings (SSSR count). The standard InChI is InChI=1S/C11H12ClN5/c1-7-2-4-8(5-3-7)14-10-6-9(12)15-11(16-10)17-13/h2-6H,13H2,1H3,(H2,14,15,16,17). The van der Waals surface area contributed by atoms with E-state index >= 15 is 0 Å². The van der Waals surface area contributed by atoms with E-state index in [1.54, 1.807) is 6.07 Å².